The molecule has 34 heavy (non-hydrogen) atoms. The number of carbonyl (C=O) groups excluding carboxylic acids is 2. The molecule has 0 unspecified atom stereocenters. The predicted octanol–water partition coefficient (Wildman–Crippen LogP) is 3.90. The first-order chi connectivity index (χ1) is 15.9. The molecule has 0 fully saturated rings. The van der Waals surface area contributed by atoms with Crippen LogP contribution in [0.4, 0.5) is 0 Å². The number of nitrogens with zero attached hydrogens (tertiary/aromatic N) is 2. The fourth-order valence-corrected chi connectivity index (χ4v) is 2.29. The van der Waals surface area contributed by atoms with Crippen LogP contribution in [0, 0.1) is 0 Å². The molecule has 0 saturated carbocycles. The quantitative estimate of drug-likeness (QED) is 0.379. The van der Waals surface area contributed by atoms with E-state index in [0.29, 0.717) is 0 Å². The molecule has 0 aliphatic rings. The number of benzene rings is 2. The zero-order chi connectivity index (χ0) is 25.8. The molecule has 0 atom stereocenters. The van der Waals surface area contributed by atoms with E-state index in [1.165, 1.54) is 14.2 Å². The van der Waals surface area contributed by atoms with Crippen LogP contribution in [0.5, 0.6) is 0 Å². The van der Waals surface area contributed by atoms with Crippen molar-refractivity contribution in [3.05, 3.63) is 71.8 Å². The Labute approximate surface area is 202 Å². The van der Waals surface area contributed by atoms with E-state index >= 15 is 0 Å². The van der Waals surface area contributed by atoms with Crippen molar-refractivity contribution in [3.8, 4) is 0 Å². The minimum absolute atomic E-state index is 0.200. The van der Waals surface area contributed by atoms with Crippen LogP contribution in [0.3, 0.4) is 0 Å². The van der Waals surface area contributed by atoms with Crippen LogP contribution >= 0.6 is 0 Å². The third-order valence-electron chi connectivity index (χ3n) is 3.86. The molecule has 2 aromatic rings. The van der Waals surface area contributed by atoms with Gasteiger partial charge in [-0.1, -0.05) is 60.7 Å². The number of rotatable bonds is 6. The van der Waals surface area contributed by atoms with Crippen LogP contribution < -0.4 is 10.9 Å². The molecule has 0 heterocycles. The predicted molar refractivity (Wildman–Crippen MR) is 136 cm³/mol. The molecule has 8 heteroatoms. The number of hydrazone groups is 2. The van der Waals surface area contributed by atoms with Gasteiger partial charge in [0.1, 0.15) is 0 Å². The van der Waals surface area contributed by atoms with E-state index in [1.807, 2.05) is 102 Å². The number of hydrogen-bond acceptors (Lipinski definition) is 8. The summed E-state index contributed by atoms with van der Waals surface area (Å²) in [7, 11) is 2.69. The van der Waals surface area contributed by atoms with Gasteiger partial charge < -0.3 is 20.3 Å². The van der Waals surface area contributed by atoms with Gasteiger partial charge in [0.2, 0.25) is 0 Å². The molecule has 2 rings (SSSR count). The Balaban J connectivity index is 0.000000340. The second-order valence-electron chi connectivity index (χ2n) is 9.36. The Morgan fingerprint density at radius 3 is 1.15 bits per heavy atom. The average molecular weight is 469 g/mol. The minimum Gasteiger partial charge on any atom is -0.464 e. The van der Waals surface area contributed by atoms with Crippen molar-refractivity contribution in [1.29, 1.82) is 0 Å². The minimum atomic E-state index is -0.451. The smallest absolute Gasteiger partial charge is 0.359 e. The summed E-state index contributed by atoms with van der Waals surface area (Å²) < 4.78 is 9.44. The lowest BCUT2D eigenvalue weighted by Gasteiger charge is -2.18. The highest BCUT2D eigenvalue weighted by Crippen LogP contribution is 2.06. The van der Waals surface area contributed by atoms with Gasteiger partial charge in [0.15, 0.2) is 11.4 Å². The Bertz CT molecular complexity index is 892. The number of carbonyl (C=O) groups is 2. The third kappa shape index (κ3) is 10.8. The summed E-state index contributed by atoms with van der Waals surface area (Å²) in [6.07, 6.45) is 0. The fraction of sp³-hybridized carbons (Fsp3) is 0.385. The van der Waals surface area contributed by atoms with Gasteiger partial charge in [-0.15, -0.1) is 0 Å². The van der Waals surface area contributed by atoms with Crippen LogP contribution in [0.15, 0.2) is 70.9 Å². The molecule has 8 nitrogen and oxygen atoms in total. The maximum Gasteiger partial charge on any atom is 0.359 e. The van der Waals surface area contributed by atoms with E-state index < -0.39 is 11.9 Å². The van der Waals surface area contributed by atoms with E-state index in [1.54, 1.807) is 0 Å². The molecule has 0 aliphatic carbocycles. The normalized spacial score (nSPS) is 12.1. The summed E-state index contributed by atoms with van der Waals surface area (Å²) in [5.74, 6) is -0.902. The zero-order valence-corrected chi connectivity index (χ0v) is 21.3. The second kappa shape index (κ2) is 13.1. The van der Waals surface area contributed by atoms with Crippen LogP contribution in [-0.2, 0) is 19.1 Å². The fourth-order valence-electron chi connectivity index (χ4n) is 2.29. The van der Waals surface area contributed by atoms with Gasteiger partial charge in [0.05, 0.1) is 14.2 Å². The van der Waals surface area contributed by atoms with Crippen molar-refractivity contribution in [3.63, 3.8) is 0 Å². The molecule has 0 spiro atoms. The van der Waals surface area contributed by atoms with Gasteiger partial charge in [-0.25, -0.2) is 9.59 Å². The lowest BCUT2D eigenvalue weighted by molar-refractivity contribution is -0.133. The van der Waals surface area contributed by atoms with Gasteiger partial charge in [-0.2, -0.15) is 10.2 Å². The maximum atomic E-state index is 11.6. The van der Waals surface area contributed by atoms with Gasteiger partial charge in [-0.05, 0) is 41.5 Å². The summed E-state index contributed by atoms with van der Waals surface area (Å²) in [6.45, 7) is 11.8. The Hall–Kier alpha value is -3.68. The van der Waals surface area contributed by atoms with Gasteiger partial charge in [0.25, 0.3) is 0 Å². The molecular formula is C26H36N4O4. The summed E-state index contributed by atoms with van der Waals surface area (Å²) in [5.41, 5.74) is 7.47. The van der Waals surface area contributed by atoms with Crippen LogP contribution in [0.25, 0.3) is 0 Å². The molecule has 2 N–H and O–H groups in total. The molecule has 0 aliphatic heterocycles. The first-order valence-electron chi connectivity index (χ1n) is 10.8. The van der Waals surface area contributed by atoms with Crippen molar-refractivity contribution in [1.82, 2.24) is 10.9 Å². The van der Waals surface area contributed by atoms with Crippen LogP contribution in [0.2, 0.25) is 0 Å². The van der Waals surface area contributed by atoms with E-state index in [0.717, 1.165) is 11.1 Å². The lowest BCUT2D eigenvalue weighted by atomic mass is 10.1. The highest BCUT2D eigenvalue weighted by molar-refractivity contribution is 6.43. The molecule has 184 valence electrons. The SMILES string of the molecule is COC(=O)/C(=N/NC(C)(C)C)c1ccccc1.COC(=O)C(=NNC(C)(C)C)c1ccccc1. The molecule has 0 saturated heterocycles. The van der Waals surface area contributed by atoms with E-state index in [-0.39, 0.29) is 22.5 Å². The summed E-state index contributed by atoms with van der Waals surface area (Å²) >= 11 is 0. The monoisotopic (exact) mass is 468 g/mol. The molecule has 2 aromatic carbocycles. The average Bonchev–Trinajstić information content (AvgIpc) is 2.79. The number of esters is 2. The topological polar surface area (TPSA) is 101 Å². The highest BCUT2D eigenvalue weighted by Gasteiger charge is 2.17. The van der Waals surface area contributed by atoms with E-state index in [9.17, 15) is 9.59 Å². The van der Waals surface area contributed by atoms with Crippen molar-refractivity contribution in [2.24, 2.45) is 10.2 Å². The number of methoxy groups -OCH3 is 2. The molecule has 0 bridgehead atoms. The molecule has 0 radical (unpaired) electrons. The first-order valence-corrected chi connectivity index (χ1v) is 10.8. The molecular weight excluding hydrogens is 432 g/mol. The largest absolute Gasteiger partial charge is 0.464 e. The maximum absolute atomic E-state index is 11.6. The zero-order valence-electron chi connectivity index (χ0n) is 21.3. The summed E-state index contributed by atoms with van der Waals surface area (Å²) in [6, 6.07) is 18.5. The molecule has 0 aromatic heterocycles. The Kier molecular flexibility index (Phi) is 10.9. The third-order valence-corrected chi connectivity index (χ3v) is 3.86. The summed E-state index contributed by atoms with van der Waals surface area (Å²) in [5, 5.41) is 8.26. The van der Waals surface area contributed by atoms with Gasteiger partial charge in [0, 0.05) is 22.2 Å². The lowest BCUT2D eigenvalue weighted by Crippen LogP contribution is -2.34. The van der Waals surface area contributed by atoms with E-state index in [2.05, 4.69) is 21.1 Å². The van der Waals surface area contributed by atoms with Crippen molar-refractivity contribution < 1.29 is 19.1 Å². The second-order valence-corrected chi connectivity index (χ2v) is 9.36. The number of ether oxygens (including phenoxy) is 2. The van der Waals surface area contributed by atoms with E-state index in [4.69, 9.17) is 9.47 Å². The Morgan fingerprint density at radius 1 is 0.618 bits per heavy atom. The van der Waals surface area contributed by atoms with Gasteiger partial charge >= 0.3 is 11.9 Å². The highest BCUT2D eigenvalue weighted by atomic mass is 16.5. The van der Waals surface area contributed by atoms with Crippen molar-refractivity contribution >= 4 is 23.4 Å². The standard InChI is InChI=1S/2C13H18N2O2/c2*1-13(2,3)15-14-11(12(16)17-4)10-8-6-5-7-9-10/h2*5-9,15H,1-4H3/b14-11+;. The first kappa shape index (κ1) is 28.4. The number of nitrogens with one attached hydrogen (secondary N) is 2. The number of hydrogen-bond donors (Lipinski definition) is 2. The van der Waals surface area contributed by atoms with Crippen LogP contribution in [-0.4, -0.2) is 48.7 Å². The van der Waals surface area contributed by atoms with Crippen LogP contribution in [0.1, 0.15) is 52.7 Å². The van der Waals surface area contributed by atoms with Crippen molar-refractivity contribution in [2.45, 2.75) is 52.6 Å². The molecule has 0 amide bonds. The van der Waals surface area contributed by atoms with Crippen molar-refractivity contribution in [2.75, 3.05) is 14.2 Å². The Morgan fingerprint density at radius 2 is 0.912 bits per heavy atom. The summed E-state index contributed by atoms with van der Waals surface area (Å²) in [4.78, 5) is 23.3. The van der Waals surface area contributed by atoms with Gasteiger partial charge in [-0.3, -0.25) is 0 Å².